The Balaban J connectivity index is 2.00. The Labute approximate surface area is 126 Å². The lowest BCUT2D eigenvalue weighted by Gasteiger charge is -2.06. The lowest BCUT2D eigenvalue weighted by molar-refractivity contribution is -0.143. The largest absolute Gasteiger partial charge is 0.466 e. The standard InChI is InChI=1S/C15H17N3O4/c1-2-22-12(19)8-5-9-16-15(21)13-10-6-3-4-7-11(10)14(20)18-17-13/h3-4,6-7H,2,5,8-9H2,1H3,(H,16,21)(H,18,20). The van der Waals surface area contributed by atoms with E-state index in [1.54, 1.807) is 31.2 Å². The Morgan fingerprint density at radius 2 is 2.00 bits per heavy atom. The van der Waals surface area contributed by atoms with E-state index in [0.717, 1.165) is 0 Å². The van der Waals surface area contributed by atoms with Crippen LogP contribution in [0.15, 0.2) is 29.1 Å². The highest BCUT2D eigenvalue weighted by Gasteiger charge is 2.13. The molecule has 0 saturated carbocycles. The van der Waals surface area contributed by atoms with Gasteiger partial charge in [-0.3, -0.25) is 14.4 Å². The van der Waals surface area contributed by atoms with E-state index in [2.05, 4.69) is 15.5 Å². The van der Waals surface area contributed by atoms with Crippen LogP contribution in [-0.2, 0) is 9.53 Å². The molecule has 1 heterocycles. The van der Waals surface area contributed by atoms with Crippen LogP contribution in [0.3, 0.4) is 0 Å². The highest BCUT2D eigenvalue weighted by Crippen LogP contribution is 2.11. The van der Waals surface area contributed by atoms with Gasteiger partial charge in [0, 0.05) is 18.4 Å². The summed E-state index contributed by atoms with van der Waals surface area (Å²) in [6, 6.07) is 6.76. The summed E-state index contributed by atoms with van der Waals surface area (Å²) in [5.74, 6) is -0.680. The van der Waals surface area contributed by atoms with Gasteiger partial charge in [0.1, 0.15) is 0 Å². The van der Waals surface area contributed by atoms with Gasteiger partial charge in [-0.15, -0.1) is 0 Å². The van der Waals surface area contributed by atoms with Crippen LogP contribution >= 0.6 is 0 Å². The molecule has 7 nitrogen and oxygen atoms in total. The number of rotatable bonds is 6. The topological polar surface area (TPSA) is 101 Å². The third-order valence-corrected chi connectivity index (χ3v) is 3.06. The summed E-state index contributed by atoms with van der Waals surface area (Å²) in [5.41, 5.74) is -0.180. The highest BCUT2D eigenvalue weighted by molar-refractivity contribution is 6.04. The van der Waals surface area contributed by atoms with Crippen LogP contribution in [0.5, 0.6) is 0 Å². The SMILES string of the molecule is CCOC(=O)CCCNC(=O)c1n[nH]c(=O)c2ccccc12. The fourth-order valence-corrected chi connectivity index (χ4v) is 2.04. The summed E-state index contributed by atoms with van der Waals surface area (Å²) in [7, 11) is 0. The zero-order chi connectivity index (χ0) is 15.9. The smallest absolute Gasteiger partial charge is 0.305 e. The van der Waals surface area contributed by atoms with E-state index in [-0.39, 0.29) is 23.6 Å². The Morgan fingerprint density at radius 3 is 2.73 bits per heavy atom. The monoisotopic (exact) mass is 303 g/mol. The van der Waals surface area contributed by atoms with Crippen LogP contribution in [0.1, 0.15) is 30.3 Å². The molecule has 0 radical (unpaired) electrons. The van der Waals surface area contributed by atoms with Crippen LogP contribution in [0, 0.1) is 0 Å². The van der Waals surface area contributed by atoms with E-state index in [1.807, 2.05) is 0 Å². The predicted octanol–water partition coefficient (Wildman–Crippen LogP) is 0.996. The first-order valence-corrected chi connectivity index (χ1v) is 7.04. The molecule has 0 aliphatic carbocycles. The van der Waals surface area contributed by atoms with Crippen molar-refractivity contribution in [3.63, 3.8) is 0 Å². The lowest BCUT2D eigenvalue weighted by atomic mass is 10.1. The number of benzene rings is 1. The quantitative estimate of drug-likeness (QED) is 0.612. The number of amides is 1. The second kappa shape index (κ2) is 7.35. The van der Waals surface area contributed by atoms with Crippen molar-refractivity contribution in [3.8, 4) is 0 Å². The maximum Gasteiger partial charge on any atom is 0.305 e. The van der Waals surface area contributed by atoms with Crippen molar-refractivity contribution < 1.29 is 14.3 Å². The predicted molar refractivity (Wildman–Crippen MR) is 80.6 cm³/mol. The fraction of sp³-hybridized carbons (Fsp3) is 0.333. The average Bonchev–Trinajstić information content (AvgIpc) is 2.52. The van der Waals surface area contributed by atoms with E-state index in [1.165, 1.54) is 0 Å². The minimum atomic E-state index is -0.392. The van der Waals surface area contributed by atoms with Gasteiger partial charge in [0.25, 0.3) is 11.5 Å². The van der Waals surface area contributed by atoms with Gasteiger partial charge in [-0.2, -0.15) is 5.10 Å². The summed E-state index contributed by atoms with van der Waals surface area (Å²) in [6.45, 7) is 2.41. The molecular weight excluding hydrogens is 286 g/mol. The fourth-order valence-electron chi connectivity index (χ4n) is 2.04. The molecule has 2 rings (SSSR count). The summed E-state index contributed by atoms with van der Waals surface area (Å²) in [6.07, 6.45) is 0.722. The van der Waals surface area contributed by atoms with Crippen LogP contribution < -0.4 is 10.9 Å². The minimum absolute atomic E-state index is 0.159. The minimum Gasteiger partial charge on any atom is -0.466 e. The molecule has 0 aliphatic heterocycles. The number of fused-ring (bicyclic) bond motifs is 1. The summed E-state index contributed by atoms with van der Waals surface area (Å²) in [4.78, 5) is 35.0. The normalized spacial score (nSPS) is 10.4. The molecule has 0 aliphatic rings. The molecule has 0 spiro atoms. The zero-order valence-electron chi connectivity index (χ0n) is 12.2. The van der Waals surface area contributed by atoms with Crippen LogP contribution in [-0.4, -0.2) is 35.2 Å². The van der Waals surface area contributed by atoms with Gasteiger partial charge in [0.2, 0.25) is 0 Å². The average molecular weight is 303 g/mol. The number of aromatic nitrogens is 2. The number of H-pyrrole nitrogens is 1. The Morgan fingerprint density at radius 1 is 1.27 bits per heavy atom. The zero-order valence-corrected chi connectivity index (χ0v) is 12.2. The molecule has 2 aromatic rings. The van der Waals surface area contributed by atoms with E-state index >= 15 is 0 Å². The number of carbonyl (C=O) groups is 2. The number of hydrogen-bond donors (Lipinski definition) is 2. The number of ether oxygens (including phenoxy) is 1. The van der Waals surface area contributed by atoms with Crippen LogP contribution in [0.2, 0.25) is 0 Å². The summed E-state index contributed by atoms with van der Waals surface area (Å²) >= 11 is 0. The molecule has 0 fully saturated rings. The third-order valence-electron chi connectivity index (χ3n) is 3.06. The van der Waals surface area contributed by atoms with E-state index < -0.39 is 5.91 Å². The van der Waals surface area contributed by atoms with Crippen molar-refractivity contribution in [3.05, 3.63) is 40.3 Å². The maximum atomic E-state index is 12.1. The first-order valence-electron chi connectivity index (χ1n) is 7.04. The summed E-state index contributed by atoms with van der Waals surface area (Å²) < 4.78 is 4.80. The second-order valence-corrected chi connectivity index (χ2v) is 4.61. The van der Waals surface area contributed by atoms with Gasteiger partial charge in [-0.05, 0) is 19.4 Å². The molecule has 22 heavy (non-hydrogen) atoms. The molecule has 1 amide bonds. The second-order valence-electron chi connectivity index (χ2n) is 4.61. The number of carbonyl (C=O) groups excluding carboxylic acids is 2. The van der Waals surface area contributed by atoms with E-state index in [0.29, 0.717) is 30.3 Å². The molecule has 0 atom stereocenters. The Kier molecular flexibility index (Phi) is 5.24. The third kappa shape index (κ3) is 3.69. The maximum absolute atomic E-state index is 12.1. The van der Waals surface area contributed by atoms with Gasteiger partial charge in [0.15, 0.2) is 5.69 Å². The van der Waals surface area contributed by atoms with Gasteiger partial charge in [0.05, 0.1) is 12.0 Å². The molecule has 7 heteroatoms. The molecule has 1 aromatic carbocycles. The van der Waals surface area contributed by atoms with Gasteiger partial charge >= 0.3 is 5.97 Å². The van der Waals surface area contributed by atoms with Crippen molar-refractivity contribution >= 4 is 22.6 Å². The Hall–Kier alpha value is -2.70. The molecule has 0 saturated heterocycles. The van der Waals surface area contributed by atoms with Crippen LogP contribution in [0.4, 0.5) is 0 Å². The van der Waals surface area contributed by atoms with Crippen molar-refractivity contribution in [2.45, 2.75) is 19.8 Å². The van der Waals surface area contributed by atoms with Crippen LogP contribution in [0.25, 0.3) is 10.8 Å². The number of nitrogens with one attached hydrogen (secondary N) is 2. The molecule has 0 unspecified atom stereocenters. The lowest BCUT2D eigenvalue weighted by Crippen LogP contribution is -2.27. The number of esters is 1. The van der Waals surface area contributed by atoms with Gasteiger partial charge in [-0.25, -0.2) is 5.10 Å². The van der Waals surface area contributed by atoms with Gasteiger partial charge < -0.3 is 10.1 Å². The molecule has 2 N–H and O–H groups in total. The Bertz CT molecular complexity index is 739. The van der Waals surface area contributed by atoms with Crippen molar-refractivity contribution in [2.75, 3.05) is 13.2 Å². The molecule has 116 valence electrons. The van der Waals surface area contributed by atoms with Crippen molar-refractivity contribution in [1.29, 1.82) is 0 Å². The first-order chi connectivity index (χ1) is 10.6. The summed E-state index contributed by atoms with van der Waals surface area (Å²) in [5, 5.41) is 9.70. The number of aromatic amines is 1. The van der Waals surface area contributed by atoms with Gasteiger partial charge in [-0.1, -0.05) is 18.2 Å². The first kappa shape index (κ1) is 15.7. The molecule has 1 aromatic heterocycles. The highest BCUT2D eigenvalue weighted by atomic mass is 16.5. The number of nitrogens with zero attached hydrogens (tertiary/aromatic N) is 1. The van der Waals surface area contributed by atoms with Crippen molar-refractivity contribution in [1.82, 2.24) is 15.5 Å². The molecular formula is C15H17N3O4. The van der Waals surface area contributed by atoms with Crippen molar-refractivity contribution in [2.24, 2.45) is 0 Å². The van der Waals surface area contributed by atoms with E-state index in [9.17, 15) is 14.4 Å². The van der Waals surface area contributed by atoms with E-state index in [4.69, 9.17) is 4.74 Å². The molecule has 0 bridgehead atoms. The number of hydrogen-bond acceptors (Lipinski definition) is 5.